The average Bonchev–Trinajstić information content (AvgIpc) is 2.49. The molecule has 0 aliphatic carbocycles. The maximum Gasteiger partial charge on any atom is 0.387 e. The normalized spacial score (nSPS) is 12.1. The lowest BCUT2D eigenvalue weighted by Gasteiger charge is -2.15. The number of hydrogen-bond donors (Lipinski definition) is 1. The first-order valence-electron chi connectivity index (χ1n) is 6.67. The molecule has 0 aromatic heterocycles. The van der Waals surface area contributed by atoms with E-state index in [4.69, 9.17) is 11.6 Å². The topological polar surface area (TPSA) is 38.3 Å². The highest BCUT2D eigenvalue weighted by molar-refractivity contribution is 9.10. The molecule has 1 unspecified atom stereocenters. The molecule has 0 aliphatic heterocycles. The zero-order valence-electron chi connectivity index (χ0n) is 12.0. The zero-order chi connectivity index (χ0) is 17.0. The fraction of sp³-hybridized carbons (Fsp3) is 0.188. The van der Waals surface area contributed by atoms with Gasteiger partial charge in [0.15, 0.2) is 0 Å². The molecule has 1 N–H and O–H groups in total. The minimum absolute atomic E-state index is 0.0670. The Morgan fingerprint density at radius 2 is 1.87 bits per heavy atom. The van der Waals surface area contributed by atoms with Crippen molar-refractivity contribution in [3.63, 3.8) is 0 Å². The molecule has 0 fully saturated rings. The third kappa shape index (κ3) is 4.91. The number of ether oxygens (including phenoxy) is 1. The van der Waals surface area contributed by atoms with E-state index in [-0.39, 0.29) is 17.7 Å². The van der Waals surface area contributed by atoms with Crippen molar-refractivity contribution in [3.05, 3.63) is 63.1 Å². The Hall–Kier alpha value is -1.66. The van der Waals surface area contributed by atoms with Gasteiger partial charge in [0.25, 0.3) is 5.91 Å². The van der Waals surface area contributed by atoms with E-state index in [0.717, 1.165) is 10.0 Å². The number of alkyl halides is 2. The number of amides is 1. The summed E-state index contributed by atoms with van der Waals surface area (Å²) in [5, 5.41) is 3.15. The number of rotatable bonds is 5. The number of nitrogens with one attached hydrogen (secondary N) is 1. The predicted molar refractivity (Wildman–Crippen MR) is 88.1 cm³/mol. The minimum Gasteiger partial charge on any atom is -0.435 e. The molecule has 3 nitrogen and oxygen atoms in total. The van der Waals surface area contributed by atoms with Gasteiger partial charge in [-0.3, -0.25) is 4.79 Å². The largest absolute Gasteiger partial charge is 0.435 e. The Morgan fingerprint density at radius 1 is 1.22 bits per heavy atom. The standard InChI is InChI=1S/C16H13BrClF2NO2/c1-9(10-2-5-12(6-3-10)23-16(19)20)21-15(22)13-8-11(17)4-7-14(13)18/h2-9,16H,1H3,(H,21,22). The van der Waals surface area contributed by atoms with Crippen LogP contribution in [-0.2, 0) is 0 Å². The van der Waals surface area contributed by atoms with Crippen LogP contribution in [0.5, 0.6) is 5.75 Å². The second-order valence-electron chi connectivity index (χ2n) is 4.77. The third-order valence-corrected chi connectivity index (χ3v) is 3.95. The van der Waals surface area contributed by atoms with Gasteiger partial charge in [0.1, 0.15) is 5.75 Å². The van der Waals surface area contributed by atoms with Crippen LogP contribution in [0.25, 0.3) is 0 Å². The summed E-state index contributed by atoms with van der Waals surface area (Å²) in [7, 11) is 0. The van der Waals surface area contributed by atoms with Gasteiger partial charge >= 0.3 is 6.61 Å². The highest BCUT2D eigenvalue weighted by atomic mass is 79.9. The Kier molecular flexibility index (Phi) is 5.96. The summed E-state index contributed by atoms with van der Waals surface area (Å²) in [5.41, 5.74) is 1.11. The molecular weight excluding hydrogens is 392 g/mol. The Balaban J connectivity index is 2.07. The van der Waals surface area contributed by atoms with Crippen LogP contribution < -0.4 is 10.1 Å². The van der Waals surface area contributed by atoms with Crippen molar-refractivity contribution in [2.75, 3.05) is 0 Å². The highest BCUT2D eigenvalue weighted by Gasteiger charge is 2.15. The zero-order valence-corrected chi connectivity index (χ0v) is 14.4. The molecule has 0 radical (unpaired) electrons. The van der Waals surface area contributed by atoms with E-state index in [1.54, 1.807) is 37.3 Å². The smallest absolute Gasteiger partial charge is 0.387 e. The molecule has 0 bridgehead atoms. The summed E-state index contributed by atoms with van der Waals surface area (Å²) in [5.74, 6) is -0.256. The van der Waals surface area contributed by atoms with Crippen molar-refractivity contribution in [2.24, 2.45) is 0 Å². The van der Waals surface area contributed by atoms with Crippen LogP contribution >= 0.6 is 27.5 Å². The van der Waals surface area contributed by atoms with Crippen LogP contribution in [0.2, 0.25) is 5.02 Å². The summed E-state index contributed by atoms with van der Waals surface area (Å²) in [6, 6.07) is 10.8. The van der Waals surface area contributed by atoms with Gasteiger partial charge in [-0.2, -0.15) is 8.78 Å². The van der Waals surface area contributed by atoms with Gasteiger partial charge < -0.3 is 10.1 Å². The molecule has 2 aromatic carbocycles. The average molecular weight is 405 g/mol. The molecular formula is C16H13BrClF2NO2. The first kappa shape index (κ1) is 17.7. The second-order valence-corrected chi connectivity index (χ2v) is 6.09. The molecule has 2 rings (SSSR count). The molecule has 1 atom stereocenters. The molecule has 2 aromatic rings. The van der Waals surface area contributed by atoms with Gasteiger partial charge in [-0.15, -0.1) is 0 Å². The quantitative estimate of drug-likeness (QED) is 0.744. The number of carbonyl (C=O) groups is 1. The van der Waals surface area contributed by atoms with E-state index in [2.05, 4.69) is 26.0 Å². The van der Waals surface area contributed by atoms with E-state index < -0.39 is 6.61 Å². The van der Waals surface area contributed by atoms with Crippen molar-refractivity contribution in [2.45, 2.75) is 19.6 Å². The summed E-state index contributed by atoms with van der Waals surface area (Å²) < 4.78 is 29.3. The maximum absolute atomic E-state index is 12.3. The summed E-state index contributed by atoms with van der Waals surface area (Å²) >= 11 is 9.31. The fourth-order valence-electron chi connectivity index (χ4n) is 1.97. The first-order chi connectivity index (χ1) is 10.9. The first-order valence-corrected chi connectivity index (χ1v) is 7.84. The van der Waals surface area contributed by atoms with Crippen LogP contribution in [0.4, 0.5) is 8.78 Å². The van der Waals surface area contributed by atoms with Gasteiger partial charge in [-0.25, -0.2) is 0 Å². The van der Waals surface area contributed by atoms with Crippen molar-refractivity contribution in [1.82, 2.24) is 5.32 Å². The van der Waals surface area contributed by atoms with Crippen LogP contribution in [0.3, 0.4) is 0 Å². The molecule has 0 heterocycles. The van der Waals surface area contributed by atoms with Gasteiger partial charge in [-0.1, -0.05) is 39.7 Å². The number of hydrogen-bond acceptors (Lipinski definition) is 2. The SMILES string of the molecule is CC(NC(=O)c1cc(Br)ccc1Cl)c1ccc(OC(F)F)cc1. The van der Waals surface area contributed by atoms with Crippen molar-refractivity contribution >= 4 is 33.4 Å². The molecule has 0 aliphatic rings. The van der Waals surface area contributed by atoms with E-state index >= 15 is 0 Å². The molecule has 0 spiro atoms. The predicted octanol–water partition coefficient (Wildman–Crippen LogP) is 5.19. The summed E-state index contributed by atoms with van der Waals surface area (Å²) in [6.45, 7) is -1.08. The number of benzene rings is 2. The number of halogens is 4. The highest BCUT2D eigenvalue weighted by Crippen LogP contribution is 2.23. The lowest BCUT2D eigenvalue weighted by atomic mass is 10.1. The molecule has 0 saturated heterocycles. The van der Waals surface area contributed by atoms with Gasteiger partial charge in [0.2, 0.25) is 0 Å². The molecule has 7 heteroatoms. The molecule has 0 saturated carbocycles. The van der Waals surface area contributed by atoms with E-state index in [0.29, 0.717) is 10.6 Å². The van der Waals surface area contributed by atoms with Crippen molar-refractivity contribution < 1.29 is 18.3 Å². The third-order valence-electron chi connectivity index (χ3n) is 3.13. The lowest BCUT2D eigenvalue weighted by molar-refractivity contribution is -0.0498. The van der Waals surface area contributed by atoms with Gasteiger partial charge in [-0.05, 0) is 42.8 Å². The minimum atomic E-state index is -2.86. The fourth-order valence-corrected chi connectivity index (χ4v) is 2.53. The monoisotopic (exact) mass is 403 g/mol. The number of carbonyl (C=O) groups excluding carboxylic acids is 1. The van der Waals surface area contributed by atoms with E-state index in [1.165, 1.54) is 12.1 Å². The summed E-state index contributed by atoms with van der Waals surface area (Å²) in [6.07, 6.45) is 0. The molecule has 23 heavy (non-hydrogen) atoms. The van der Waals surface area contributed by atoms with Crippen LogP contribution in [-0.4, -0.2) is 12.5 Å². The van der Waals surface area contributed by atoms with Crippen LogP contribution in [0.15, 0.2) is 46.9 Å². The van der Waals surface area contributed by atoms with Gasteiger partial charge in [0.05, 0.1) is 16.6 Å². The van der Waals surface area contributed by atoms with Crippen molar-refractivity contribution in [3.8, 4) is 5.75 Å². The van der Waals surface area contributed by atoms with Crippen molar-refractivity contribution in [1.29, 1.82) is 0 Å². The van der Waals surface area contributed by atoms with E-state index in [9.17, 15) is 13.6 Å². The van der Waals surface area contributed by atoms with Gasteiger partial charge in [0, 0.05) is 4.47 Å². The Labute approximate surface area is 145 Å². The lowest BCUT2D eigenvalue weighted by Crippen LogP contribution is -2.26. The van der Waals surface area contributed by atoms with E-state index in [1.807, 2.05) is 0 Å². The van der Waals surface area contributed by atoms with Crippen LogP contribution in [0, 0.1) is 0 Å². The molecule has 122 valence electrons. The Morgan fingerprint density at radius 3 is 2.48 bits per heavy atom. The second kappa shape index (κ2) is 7.75. The maximum atomic E-state index is 12.3. The summed E-state index contributed by atoms with van der Waals surface area (Å²) in [4.78, 5) is 12.3. The Bertz CT molecular complexity index is 695. The molecule has 1 amide bonds. The van der Waals surface area contributed by atoms with Crippen LogP contribution in [0.1, 0.15) is 28.9 Å².